The maximum Gasteiger partial charge on any atom is 0.229 e. The summed E-state index contributed by atoms with van der Waals surface area (Å²) in [5.74, 6) is 0.167. The van der Waals surface area contributed by atoms with Crippen LogP contribution in [-0.4, -0.2) is 60.9 Å². The predicted molar refractivity (Wildman–Crippen MR) is 99.9 cm³/mol. The van der Waals surface area contributed by atoms with Crippen LogP contribution in [0.25, 0.3) is 0 Å². The molecule has 2 amide bonds. The number of nitrogens with zero attached hydrogens (tertiary/aromatic N) is 2. The number of piperidine rings is 1. The molecule has 7 heteroatoms. The molecule has 1 saturated carbocycles. The Morgan fingerprint density at radius 2 is 1.42 bits per heavy atom. The highest BCUT2D eigenvalue weighted by molar-refractivity contribution is 5.98. The van der Waals surface area contributed by atoms with E-state index < -0.39 is 0 Å². The Bertz CT molecular complexity index is 402. The number of halogens is 2. The van der Waals surface area contributed by atoms with E-state index in [2.05, 4.69) is 10.2 Å². The fraction of sp³-hybridized carbons (Fsp3) is 0.882. The van der Waals surface area contributed by atoms with E-state index in [4.69, 9.17) is 0 Å². The number of carbonyl (C=O) groups is 2. The zero-order valence-electron chi connectivity index (χ0n) is 14.4. The summed E-state index contributed by atoms with van der Waals surface area (Å²) in [4.78, 5) is 28.7. The van der Waals surface area contributed by atoms with Crippen molar-refractivity contribution in [2.75, 3.05) is 39.3 Å². The van der Waals surface area contributed by atoms with Gasteiger partial charge in [0.25, 0.3) is 0 Å². The van der Waals surface area contributed by atoms with E-state index in [1.54, 1.807) is 4.90 Å². The third kappa shape index (κ3) is 5.32. The Hall–Kier alpha value is -0.360. The number of piperazine rings is 1. The van der Waals surface area contributed by atoms with E-state index in [0.29, 0.717) is 19.4 Å². The third-order valence-electron chi connectivity index (χ3n) is 5.63. The Kier molecular flexibility index (Phi) is 8.99. The van der Waals surface area contributed by atoms with Crippen molar-refractivity contribution >= 4 is 36.6 Å². The predicted octanol–water partition coefficient (Wildman–Crippen LogP) is 2.22. The summed E-state index contributed by atoms with van der Waals surface area (Å²) in [6.45, 7) is 6.09. The number of unbranched alkanes of at least 4 members (excludes halogenated alkanes) is 1. The van der Waals surface area contributed by atoms with Crippen LogP contribution in [0.1, 0.15) is 51.4 Å². The molecular weight excluding hydrogens is 349 g/mol. The third-order valence-corrected chi connectivity index (χ3v) is 5.63. The quantitative estimate of drug-likeness (QED) is 0.587. The van der Waals surface area contributed by atoms with Crippen LogP contribution in [0.5, 0.6) is 0 Å². The Labute approximate surface area is 157 Å². The lowest BCUT2D eigenvalue weighted by Crippen LogP contribution is -2.47. The van der Waals surface area contributed by atoms with Crippen molar-refractivity contribution in [2.45, 2.75) is 51.4 Å². The first kappa shape index (κ1) is 21.7. The average molecular weight is 380 g/mol. The molecule has 3 fully saturated rings. The average Bonchev–Trinajstić information content (AvgIpc) is 2.94. The molecule has 1 N–H and O–H groups in total. The van der Waals surface area contributed by atoms with Gasteiger partial charge in [0.1, 0.15) is 0 Å². The van der Waals surface area contributed by atoms with E-state index in [1.165, 1.54) is 12.8 Å². The van der Waals surface area contributed by atoms with Crippen LogP contribution in [0.4, 0.5) is 0 Å². The lowest BCUT2D eigenvalue weighted by Gasteiger charge is -2.37. The second-order valence-corrected chi connectivity index (χ2v) is 7.30. The van der Waals surface area contributed by atoms with E-state index in [-0.39, 0.29) is 42.0 Å². The number of likely N-dealkylation sites (tertiary alicyclic amines) is 1. The summed E-state index contributed by atoms with van der Waals surface area (Å²) in [7, 11) is 0. The van der Waals surface area contributed by atoms with Crippen LogP contribution < -0.4 is 5.32 Å². The van der Waals surface area contributed by atoms with Gasteiger partial charge in [-0.1, -0.05) is 12.8 Å². The number of carbonyl (C=O) groups excluding carboxylic acids is 2. The zero-order valence-corrected chi connectivity index (χ0v) is 16.1. The lowest BCUT2D eigenvalue weighted by molar-refractivity contribution is -0.153. The van der Waals surface area contributed by atoms with Crippen LogP contribution >= 0.6 is 24.8 Å². The van der Waals surface area contributed by atoms with E-state index in [0.717, 1.165) is 58.4 Å². The summed E-state index contributed by atoms with van der Waals surface area (Å²) in [6.07, 6.45) is 7.74. The van der Waals surface area contributed by atoms with Crippen LogP contribution in [0.3, 0.4) is 0 Å². The van der Waals surface area contributed by atoms with Gasteiger partial charge in [-0.2, -0.15) is 0 Å². The van der Waals surface area contributed by atoms with Crippen molar-refractivity contribution in [1.82, 2.24) is 15.1 Å². The van der Waals surface area contributed by atoms with Crippen molar-refractivity contribution in [3.8, 4) is 0 Å². The summed E-state index contributed by atoms with van der Waals surface area (Å²) in [5, 5.41) is 3.35. The van der Waals surface area contributed by atoms with Gasteiger partial charge in [-0.3, -0.25) is 14.5 Å². The molecule has 0 aromatic heterocycles. The molecular formula is C17H31Cl2N3O2. The highest BCUT2D eigenvalue weighted by Gasteiger charge is 2.44. The van der Waals surface area contributed by atoms with Crippen LogP contribution in [-0.2, 0) is 9.59 Å². The monoisotopic (exact) mass is 379 g/mol. The molecule has 0 aromatic carbocycles. The Morgan fingerprint density at radius 3 is 2.00 bits per heavy atom. The lowest BCUT2D eigenvalue weighted by atomic mass is 9.76. The van der Waals surface area contributed by atoms with Gasteiger partial charge in [0, 0.05) is 45.6 Å². The van der Waals surface area contributed by atoms with Crippen molar-refractivity contribution in [1.29, 1.82) is 0 Å². The maximum absolute atomic E-state index is 12.3. The topological polar surface area (TPSA) is 52.7 Å². The van der Waals surface area contributed by atoms with Crippen molar-refractivity contribution in [3.63, 3.8) is 0 Å². The molecule has 0 unspecified atom stereocenters. The molecule has 2 saturated heterocycles. The number of nitrogens with one attached hydrogen (secondary N) is 1. The number of hydrogen-bond acceptors (Lipinski definition) is 4. The van der Waals surface area contributed by atoms with Gasteiger partial charge in [-0.25, -0.2) is 0 Å². The fourth-order valence-electron chi connectivity index (χ4n) is 4.30. The highest BCUT2D eigenvalue weighted by atomic mass is 35.5. The molecule has 0 bridgehead atoms. The largest absolute Gasteiger partial charge is 0.314 e. The Morgan fingerprint density at radius 1 is 0.875 bits per heavy atom. The van der Waals surface area contributed by atoms with Gasteiger partial charge in [0.2, 0.25) is 11.8 Å². The SMILES string of the molecule is Cl.Cl.O=C1CC2(CCCC2)CC(=O)N1CCCCN1CCNCC1. The maximum atomic E-state index is 12.3. The molecule has 0 aromatic rings. The highest BCUT2D eigenvalue weighted by Crippen LogP contribution is 2.46. The number of amides is 2. The minimum absolute atomic E-state index is 0. The van der Waals surface area contributed by atoms with Gasteiger partial charge in [0.15, 0.2) is 0 Å². The fourth-order valence-corrected chi connectivity index (χ4v) is 4.30. The number of imide groups is 1. The molecule has 2 aliphatic heterocycles. The van der Waals surface area contributed by atoms with Gasteiger partial charge < -0.3 is 10.2 Å². The van der Waals surface area contributed by atoms with E-state index in [1.807, 2.05) is 0 Å². The van der Waals surface area contributed by atoms with Crippen LogP contribution in [0.15, 0.2) is 0 Å². The van der Waals surface area contributed by atoms with Crippen molar-refractivity contribution in [3.05, 3.63) is 0 Å². The first-order chi connectivity index (χ1) is 10.7. The first-order valence-corrected chi connectivity index (χ1v) is 8.95. The van der Waals surface area contributed by atoms with Gasteiger partial charge in [-0.15, -0.1) is 24.8 Å². The number of rotatable bonds is 5. The molecule has 3 aliphatic rings. The van der Waals surface area contributed by atoms with E-state index in [9.17, 15) is 9.59 Å². The molecule has 5 nitrogen and oxygen atoms in total. The summed E-state index contributed by atoms with van der Waals surface area (Å²) in [6, 6.07) is 0. The molecule has 1 spiro atoms. The second-order valence-electron chi connectivity index (χ2n) is 7.30. The minimum Gasteiger partial charge on any atom is -0.314 e. The molecule has 2 heterocycles. The summed E-state index contributed by atoms with van der Waals surface area (Å²) in [5.41, 5.74) is 0.0332. The van der Waals surface area contributed by atoms with Crippen LogP contribution in [0.2, 0.25) is 0 Å². The summed E-state index contributed by atoms with van der Waals surface area (Å²) >= 11 is 0. The van der Waals surface area contributed by atoms with Gasteiger partial charge in [-0.05, 0) is 37.6 Å². The van der Waals surface area contributed by atoms with Crippen molar-refractivity contribution in [2.24, 2.45) is 5.41 Å². The van der Waals surface area contributed by atoms with Crippen molar-refractivity contribution < 1.29 is 9.59 Å². The Balaban J connectivity index is 0.00000144. The zero-order chi connectivity index (χ0) is 15.4. The standard InChI is InChI=1S/C17H29N3O2.2ClH/c21-15-13-17(5-1-2-6-17)14-16(22)20(15)10-4-3-9-19-11-7-18-8-12-19;;/h18H,1-14H2;2*1H. The molecule has 140 valence electrons. The minimum atomic E-state index is 0. The second kappa shape index (κ2) is 9.95. The normalized spacial score (nSPS) is 23.9. The molecule has 0 radical (unpaired) electrons. The van der Waals surface area contributed by atoms with Gasteiger partial charge in [0.05, 0.1) is 0 Å². The molecule has 24 heavy (non-hydrogen) atoms. The smallest absolute Gasteiger partial charge is 0.229 e. The van der Waals surface area contributed by atoms with Gasteiger partial charge >= 0.3 is 0 Å². The summed E-state index contributed by atoms with van der Waals surface area (Å²) < 4.78 is 0. The molecule has 1 aliphatic carbocycles. The van der Waals surface area contributed by atoms with E-state index >= 15 is 0 Å². The first-order valence-electron chi connectivity index (χ1n) is 8.95. The van der Waals surface area contributed by atoms with Crippen LogP contribution in [0, 0.1) is 5.41 Å². The number of hydrogen-bond donors (Lipinski definition) is 1. The molecule has 3 rings (SSSR count). The molecule has 0 atom stereocenters.